The molecular weight excluding hydrogens is 370 g/mol. The summed E-state index contributed by atoms with van der Waals surface area (Å²) in [5.74, 6) is 0.913. The fraction of sp³-hybridized carbons (Fsp3) is 0.545. The van der Waals surface area contributed by atoms with Crippen molar-refractivity contribution in [2.75, 3.05) is 26.2 Å². The molecule has 2 aliphatic heterocycles. The molecule has 2 aromatic rings. The number of piperidine rings is 1. The summed E-state index contributed by atoms with van der Waals surface area (Å²) in [6.45, 7) is 8.19. The second-order valence-corrected chi connectivity index (χ2v) is 9.13. The number of nitrogens with zero attached hydrogens (tertiary/aromatic N) is 2. The van der Waals surface area contributed by atoms with Gasteiger partial charge in [0.25, 0.3) is 0 Å². The maximum absolute atomic E-state index is 11.7. The Morgan fingerprint density at radius 3 is 2.61 bits per heavy atom. The average Bonchev–Trinajstić information content (AvgIpc) is 3.25. The standard InChI is InChI=1S/C22H29N3O2S/c1-16(2)18-5-3-17(4-6-18)13-25-10-7-19(8-11-25)22(21-23-9-12-28-21)15-24-20(26)14-27-22/h3-6,9,12,16,19H,7-8,10-11,13-15H2,1-2H3,(H,24,26)/t22-/m1/s1. The van der Waals surface area contributed by atoms with Gasteiger partial charge in [-0.15, -0.1) is 11.3 Å². The normalized spacial score (nSPS) is 24.5. The SMILES string of the molecule is CC(C)c1ccc(CN2CCC([C@@]3(c4nccs4)CNC(=O)CO3)CC2)cc1. The topological polar surface area (TPSA) is 54.5 Å². The smallest absolute Gasteiger partial charge is 0.246 e. The number of hydrogen-bond donors (Lipinski definition) is 1. The van der Waals surface area contributed by atoms with E-state index >= 15 is 0 Å². The number of benzene rings is 1. The summed E-state index contributed by atoms with van der Waals surface area (Å²) >= 11 is 1.63. The van der Waals surface area contributed by atoms with Crippen LogP contribution in [0.15, 0.2) is 35.8 Å². The highest BCUT2D eigenvalue weighted by Gasteiger charge is 2.47. The monoisotopic (exact) mass is 399 g/mol. The van der Waals surface area contributed by atoms with E-state index in [0.29, 0.717) is 18.4 Å². The van der Waals surface area contributed by atoms with Gasteiger partial charge in [-0.3, -0.25) is 9.69 Å². The molecule has 1 amide bonds. The molecule has 0 saturated carbocycles. The number of likely N-dealkylation sites (tertiary alicyclic amines) is 1. The Bertz CT molecular complexity index is 771. The molecule has 4 rings (SSSR count). The van der Waals surface area contributed by atoms with Crippen molar-refractivity contribution in [3.63, 3.8) is 0 Å². The zero-order chi connectivity index (χ0) is 19.6. The van der Waals surface area contributed by atoms with Crippen LogP contribution >= 0.6 is 11.3 Å². The summed E-state index contributed by atoms with van der Waals surface area (Å²) < 4.78 is 6.17. The molecule has 2 aliphatic rings. The zero-order valence-electron chi connectivity index (χ0n) is 16.7. The number of morpholine rings is 1. The van der Waals surface area contributed by atoms with Crippen molar-refractivity contribution in [2.45, 2.75) is 44.8 Å². The molecule has 1 N–H and O–H groups in total. The van der Waals surface area contributed by atoms with Crippen molar-refractivity contribution in [1.82, 2.24) is 15.2 Å². The van der Waals surface area contributed by atoms with E-state index in [9.17, 15) is 4.79 Å². The molecular formula is C22H29N3O2S. The molecule has 0 radical (unpaired) electrons. The van der Waals surface area contributed by atoms with E-state index in [2.05, 4.69) is 53.3 Å². The second-order valence-electron chi connectivity index (χ2n) is 8.24. The summed E-state index contributed by atoms with van der Waals surface area (Å²) in [6, 6.07) is 9.03. The number of carbonyl (C=O) groups excluding carboxylic acids is 1. The van der Waals surface area contributed by atoms with Gasteiger partial charge in [-0.1, -0.05) is 38.1 Å². The minimum atomic E-state index is -0.465. The van der Waals surface area contributed by atoms with Crippen molar-refractivity contribution >= 4 is 17.2 Å². The van der Waals surface area contributed by atoms with Crippen LogP contribution in [0.5, 0.6) is 0 Å². The molecule has 0 bridgehead atoms. The predicted molar refractivity (Wildman–Crippen MR) is 111 cm³/mol. The minimum absolute atomic E-state index is 0.0329. The van der Waals surface area contributed by atoms with Gasteiger partial charge in [-0.25, -0.2) is 4.98 Å². The van der Waals surface area contributed by atoms with E-state index < -0.39 is 5.60 Å². The lowest BCUT2D eigenvalue weighted by molar-refractivity contribution is -0.158. The largest absolute Gasteiger partial charge is 0.356 e. The third-order valence-corrected chi connectivity index (χ3v) is 7.03. The van der Waals surface area contributed by atoms with Crippen molar-refractivity contribution in [2.24, 2.45) is 5.92 Å². The van der Waals surface area contributed by atoms with E-state index in [4.69, 9.17) is 4.74 Å². The Balaban J connectivity index is 1.40. The number of rotatable bonds is 5. The van der Waals surface area contributed by atoms with Crippen LogP contribution < -0.4 is 5.32 Å². The molecule has 28 heavy (non-hydrogen) atoms. The van der Waals surface area contributed by atoms with Gasteiger partial charge in [-0.2, -0.15) is 0 Å². The first kappa shape index (κ1) is 19.6. The molecule has 0 spiro atoms. The average molecular weight is 400 g/mol. The van der Waals surface area contributed by atoms with Crippen molar-refractivity contribution in [3.8, 4) is 0 Å². The van der Waals surface area contributed by atoms with E-state index in [0.717, 1.165) is 37.5 Å². The van der Waals surface area contributed by atoms with Crippen molar-refractivity contribution in [1.29, 1.82) is 0 Å². The van der Waals surface area contributed by atoms with Crippen LogP contribution in [0.1, 0.15) is 48.7 Å². The minimum Gasteiger partial charge on any atom is -0.356 e. The van der Waals surface area contributed by atoms with Gasteiger partial charge < -0.3 is 10.1 Å². The lowest BCUT2D eigenvalue weighted by atomic mass is 9.79. The molecule has 2 fully saturated rings. The molecule has 2 saturated heterocycles. The van der Waals surface area contributed by atoms with Crippen LogP contribution in [-0.4, -0.2) is 42.0 Å². The molecule has 0 unspecified atom stereocenters. The first-order chi connectivity index (χ1) is 13.6. The first-order valence-corrected chi connectivity index (χ1v) is 11.1. The summed E-state index contributed by atoms with van der Waals surface area (Å²) in [7, 11) is 0. The molecule has 5 nitrogen and oxygen atoms in total. The van der Waals surface area contributed by atoms with E-state index in [-0.39, 0.29) is 12.5 Å². The third-order valence-electron chi connectivity index (χ3n) is 6.10. The lowest BCUT2D eigenvalue weighted by Gasteiger charge is -2.45. The summed E-state index contributed by atoms with van der Waals surface area (Å²) in [4.78, 5) is 18.7. The predicted octanol–water partition coefficient (Wildman–Crippen LogP) is 3.52. The molecule has 1 aromatic heterocycles. The number of hydrogen-bond acceptors (Lipinski definition) is 5. The fourth-order valence-electron chi connectivity index (χ4n) is 4.36. The number of nitrogens with one attached hydrogen (secondary N) is 1. The maximum Gasteiger partial charge on any atom is 0.246 e. The highest BCUT2D eigenvalue weighted by molar-refractivity contribution is 7.09. The van der Waals surface area contributed by atoms with Crippen molar-refractivity contribution in [3.05, 3.63) is 52.0 Å². The molecule has 3 heterocycles. The lowest BCUT2D eigenvalue weighted by Crippen LogP contribution is -2.56. The summed E-state index contributed by atoms with van der Waals surface area (Å²) in [5.41, 5.74) is 2.30. The van der Waals surface area contributed by atoms with Crippen molar-refractivity contribution < 1.29 is 9.53 Å². The van der Waals surface area contributed by atoms with Crippen LogP contribution in [0.2, 0.25) is 0 Å². The second kappa shape index (κ2) is 8.31. The van der Waals surface area contributed by atoms with Crippen LogP contribution in [0.3, 0.4) is 0 Å². The first-order valence-electron chi connectivity index (χ1n) is 10.2. The zero-order valence-corrected chi connectivity index (χ0v) is 17.5. The van der Waals surface area contributed by atoms with Gasteiger partial charge in [0.05, 0.1) is 6.54 Å². The fourth-order valence-corrected chi connectivity index (χ4v) is 5.23. The van der Waals surface area contributed by atoms with E-state index in [1.807, 2.05) is 11.6 Å². The molecule has 1 atom stereocenters. The maximum atomic E-state index is 11.7. The van der Waals surface area contributed by atoms with Gasteiger partial charge in [0.1, 0.15) is 17.2 Å². The van der Waals surface area contributed by atoms with Gasteiger partial charge >= 0.3 is 0 Å². The van der Waals surface area contributed by atoms with Crippen LogP contribution in [0, 0.1) is 5.92 Å². The Morgan fingerprint density at radius 2 is 2.04 bits per heavy atom. The molecule has 6 heteroatoms. The quantitative estimate of drug-likeness (QED) is 0.836. The van der Waals surface area contributed by atoms with Crippen LogP contribution in [0.4, 0.5) is 0 Å². The highest BCUT2D eigenvalue weighted by Crippen LogP contribution is 2.41. The van der Waals surface area contributed by atoms with Crippen LogP contribution in [0.25, 0.3) is 0 Å². The molecule has 150 valence electrons. The third kappa shape index (κ3) is 4.00. The summed E-state index contributed by atoms with van der Waals surface area (Å²) in [5, 5.41) is 6.00. The number of amides is 1. The Kier molecular flexibility index (Phi) is 5.80. The van der Waals surface area contributed by atoms with E-state index in [1.165, 1.54) is 11.1 Å². The van der Waals surface area contributed by atoms with E-state index in [1.54, 1.807) is 11.3 Å². The molecule has 1 aromatic carbocycles. The molecule has 0 aliphatic carbocycles. The Labute approximate surface area is 171 Å². The number of aromatic nitrogens is 1. The Hall–Kier alpha value is -1.76. The number of thiazole rings is 1. The number of carbonyl (C=O) groups is 1. The van der Waals surface area contributed by atoms with Gasteiger partial charge in [0, 0.05) is 18.1 Å². The highest BCUT2D eigenvalue weighted by atomic mass is 32.1. The van der Waals surface area contributed by atoms with Gasteiger partial charge in [0.15, 0.2) is 0 Å². The van der Waals surface area contributed by atoms with Gasteiger partial charge in [0.2, 0.25) is 5.91 Å². The number of ether oxygens (including phenoxy) is 1. The van der Waals surface area contributed by atoms with Gasteiger partial charge in [-0.05, 0) is 48.9 Å². The summed E-state index contributed by atoms with van der Waals surface area (Å²) in [6.07, 6.45) is 3.94. The van der Waals surface area contributed by atoms with Crippen LogP contribution in [-0.2, 0) is 21.7 Å². The Morgan fingerprint density at radius 1 is 1.29 bits per heavy atom.